The van der Waals surface area contributed by atoms with Crippen molar-refractivity contribution >= 4 is 28.4 Å². The molecule has 0 aliphatic carbocycles. The number of aromatic nitrogens is 6. The number of hydrogen-bond donors (Lipinski definition) is 2. The number of hydrogen-bond acceptors (Lipinski definition) is 6. The Labute approximate surface area is 146 Å². The summed E-state index contributed by atoms with van der Waals surface area (Å²) >= 11 is 0. The highest BCUT2D eigenvalue weighted by atomic mass is 19.1. The second-order valence-corrected chi connectivity index (χ2v) is 5.89. The quantitative estimate of drug-likeness (QED) is 0.578. The normalized spacial score (nSPS) is 11.7. The van der Waals surface area contributed by atoms with Crippen LogP contribution in [-0.4, -0.2) is 35.8 Å². The van der Waals surface area contributed by atoms with Crippen LogP contribution in [0.2, 0.25) is 0 Å². The van der Waals surface area contributed by atoms with Crippen LogP contribution in [0.4, 0.5) is 20.5 Å². The zero-order valence-electron chi connectivity index (χ0n) is 13.9. The van der Waals surface area contributed by atoms with Crippen LogP contribution in [-0.2, 0) is 6.54 Å². The Morgan fingerprint density at radius 1 is 1.15 bits per heavy atom. The standard InChI is InChI=1S/C16H16F2N8/c1-8-21-11-4-3-10(22-15(11)25(8)6-2-5-17)12-9(18)7-26-13(12)14(19)23-16(20)24-26/h3-4,7H,2,5-6H2,1H3,(H4,19,20,23,24). The number of halogens is 2. The zero-order chi connectivity index (χ0) is 18.4. The average molecular weight is 358 g/mol. The number of nitrogens with zero attached hydrogens (tertiary/aromatic N) is 6. The summed E-state index contributed by atoms with van der Waals surface area (Å²) in [6, 6.07) is 3.40. The van der Waals surface area contributed by atoms with E-state index in [9.17, 15) is 8.78 Å². The Bertz CT molecular complexity index is 1130. The SMILES string of the molecule is Cc1nc2ccc(-c3c(F)cn4nc(N)nc(N)c34)nc2n1CCCF. The molecule has 0 aromatic carbocycles. The van der Waals surface area contributed by atoms with Gasteiger partial charge in [-0.15, -0.1) is 5.10 Å². The number of pyridine rings is 1. The van der Waals surface area contributed by atoms with E-state index in [4.69, 9.17) is 11.5 Å². The Morgan fingerprint density at radius 3 is 2.73 bits per heavy atom. The van der Waals surface area contributed by atoms with Gasteiger partial charge in [0, 0.05) is 6.54 Å². The molecule has 0 aliphatic rings. The molecular formula is C16H16F2N8. The third-order valence-corrected chi connectivity index (χ3v) is 4.18. The van der Waals surface area contributed by atoms with Gasteiger partial charge in [-0.2, -0.15) is 4.98 Å². The first-order valence-corrected chi connectivity index (χ1v) is 7.99. The van der Waals surface area contributed by atoms with Crippen LogP contribution < -0.4 is 11.5 Å². The molecular weight excluding hydrogens is 342 g/mol. The minimum atomic E-state index is -0.546. The fraction of sp³-hybridized carbons (Fsp3) is 0.250. The van der Waals surface area contributed by atoms with Crippen molar-refractivity contribution in [3.05, 3.63) is 30.0 Å². The summed E-state index contributed by atoms with van der Waals surface area (Å²) in [7, 11) is 0. The van der Waals surface area contributed by atoms with Crippen LogP contribution >= 0.6 is 0 Å². The first-order chi connectivity index (χ1) is 12.5. The highest BCUT2D eigenvalue weighted by Gasteiger charge is 2.20. The molecule has 0 saturated heterocycles. The highest BCUT2D eigenvalue weighted by Crippen LogP contribution is 2.31. The van der Waals surface area contributed by atoms with Crippen LogP contribution in [0.15, 0.2) is 18.3 Å². The largest absolute Gasteiger partial charge is 0.382 e. The van der Waals surface area contributed by atoms with Gasteiger partial charge in [-0.1, -0.05) is 0 Å². The van der Waals surface area contributed by atoms with Gasteiger partial charge in [-0.05, 0) is 25.5 Å². The van der Waals surface area contributed by atoms with Crippen molar-refractivity contribution in [2.75, 3.05) is 18.1 Å². The zero-order valence-corrected chi connectivity index (χ0v) is 13.9. The molecule has 8 nitrogen and oxygen atoms in total. The number of alkyl halides is 1. The van der Waals surface area contributed by atoms with E-state index in [1.54, 1.807) is 12.1 Å². The Morgan fingerprint density at radius 2 is 1.96 bits per heavy atom. The maximum atomic E-state index is 14.6. The van der Waals surface area contributed by atoms with E-state index in [0.29, 0.717) is 29.8 Å². The lowest BCUT2D eigenvalue weighted by Gasteiger charge is -2.06. The van der Waals surface area contributed by atoms with Crippen molar-refractivity contribution in [1.82, 2.24) is 29.1 Å². The highest BCUT2D eigenvalue weighted by molar-refractivity contribution is 5.88. The second kappa shape index (κ2) is 5.90. The smallest absolute Gasteiger partial charge is 0.240 e. The monoisotopic (exact) mass is 358 g/mol. The molecule has 0 fully saturated rings. The van der Waals surface area contributed by atoms with Crippen molar-refractivity contribution in [1.29, 1.82) is 0 Å². The number of fused-ring (bicyclic) bond motifs is 2. The summed E-state index contributed by atoms with van der Waals surface area (Å²) in [6.07, 6.45) is 1.53. The molecule has 4 aromatic rings. The number of imidazole rings is 1. The third kappa shape index (κ3) is 2.41. The molecule has 4 N–H and O–H groups in total. The number of aryl methyl sites for hydroxylation is 2. The van der Waals surface area contributed by atoms with Gasteiger partial charge < -0.3 is 16.0 Å². The van der Waals surface area contributed by atoms with E-state index in [0.717, 1.165) is 5.82 Å². The molecule has 0 bridgehead atoms. The summed E-state index contributed by atoms with van der Waals surface area (Å²) in [6.45, 7) is 1.82. The molecule has 0 radical (unpaired) electrons. The maximum absolute atomic E-state index is 14.6. The lowest BCUT2D eigenvalue weighted by atomic mass is 10.1. The molecule has 0 saturated carbocycles. The van der Waals surface area contributed by atoms with Crippen LogP contribution in [0.5, 0.6) is 0 Å². The summed E-state index contributed by atoms with van der Waals surface area (Å²) in [4.78, 5) is 12.9. The van der Waals surface area contributed by atoms with Crippen molar-refractivity contribution in [2.45, 2.75) is 19.9 Å². The van der Waals surface area contributed by atoms with Gasteiger partial charge in [0.15, 0.2) is 17.3 Å². The Balaban J connectivity index is 1.95. The van der Waals surface area contributed by atoms with E-state index < -0.39 is 12.5 Å². The lowest BCUT2D eigenvalue weighted by Crippen LogP contribution is -2.05. The molecule has 0 aliphatic heterocycles. The van der Waals surface area contributed by atoms with Gasteiger partial charge in [-0.25, -0.2) is 18.9 Å². The lowest BCUT2D eigenvalue weighted by molar-refractivity contribution is 0.447. The first kappa shape index (κ1) is 16.2. The van der Waals surface area contributed by atoms with E-state index >= 15 is 0 Å². The predicted molar refractivity (Wildman–Crippen MR) is 93.6 cm³/mol. The van der Waals surface area contributed by atoms with Crippen molar-refractivity contribution in [3.8, 4) is 11.3 Å². The van der Waals surface area contributed by atoms with Gasteiger partial charge in [0.25, 0.3) is 0 Å². The van der Waals surface area contributed by atoms with E-state index in [1.807, 2.05) is 11.5 Å². The molecule has 10 heteroatoms. The summed E-state index contributed by atoms with van der Waals surface area (Å²) < 4.78 is 30.3. The topological polar surface area (TPSA) is 113 Å². The molecule has 0 unspecified atom stereocenters. The molecule has 0 amide bonds. The van der Waals surface area contributed by atoms with Gasteiger partial charge in [0.2, 0.25) is 5.95 Å². The number of nitrogen functional groups attached to an aromatic ring is 2. The fourth-order valence-electron chi connectivity index (χ4n) is 3.08. The van der Waals surface area contributed by atoms with Crippen molar-refractivity contribution in [3.63, 3.8) is 0 Å². The van der Waals surface area contributed by atoms with Gasteiger partial charge in [0.05, 0.1) is 24.1 Å². The van der Waals surface area contributed by atoms with E-state index in [1.165, 1.54) is 10.7 Å². The molecule has 4 aromatic heterocycles. The number of rotatable bonds is 4. The van der Waals surface area contributed by atoms with Crippen molar-refractivity contribution < 1.29 is 8.78 Å². The van der Waals surface area contributed by atoms with Crippen LogP contribution in [0, 0.1) is 12.7 Å². The molecule has 26 heavy (non-hydrogen) atoms. The predicted octanol–water partition coefficient (Wildman–Crippen LogP) is 2.11. The van der Waals surface area contributed by atoms with Gasteiger partial charge in [-0.3, -0.25) is 4.39 Å². The van der Waals surface area contributed by atoms with Crippen LogP contribution in [0.25, 0.3) is 27.9 Å². The summed E-state index contributed by atoms with van der Waals surface area (Å²) in [5, 5.41) is 3.94. The van der Waals surface area contributed by atoms with Gasteiger partial charge in [0.1, 0.15) is 16.9 Å². The summed E-state index contributed by atoms with van der Waals surface area (Å²) in [5.74, 6) is 0.172. The molecule has 0 spiro atoms. The molecule has 0 atom stereocenters. The molecule has 134 valence electrons. The average Bonchev–Trinajstić information content (AvgIpc) is 3.08. The first-order valence-electron chi connectivity index (χ1n) is 7.99. The van der Waals surface area contributed by atoms with Gasteiger partial charge >= 0.3 is 0 Å². The van der Waals surface area contributed by atoms with Crippen LogP contribution in [0.3, 0.4) is 0 Å². The second-order valence-electron chi connectivity index (χ2n) is 5.89. The van der Waals surface area contributed by atoms with Crippen LogP contribution in [0.1, 0.15) is 12.2 Å². The Hall–Kier alpha value is -3.30. The molecule has 4 heterocycles. The fourth-order valence-corrected chi connectivity index (χ4v) is 3.08. The Kier molecular flexibility index (Phi) is 3.67. The molecule has 4 rings (SSSR count). The minimum absolute atomic E-state index is 0.0557. The third-order valence-electron chi connectivity index (χ3n) is 4.18. The van der Waals surface area contributed by atoms with E-state index in [2.05, 4.69) is 20.1 Å². The maximum Gasteiger partial charge on any atom is 0.240 e. The van der Waals surface area contributed by atoms with E-state index in [-0.39, 0.29) is 22.8 Å². The van der Waals surface area contributed by atoms with Crippen molar-refractivity contribution in [2.24, 2.45) is 0 Å². The number of nitrogens with two attached hydrogens (primary N) is 2. The minimum Gasteiger partial charge on any atom is -0.382 e. The number of anilines is 2. The summed E-state index contributed by atoms with van der Waals surface area (Å²) in [5.41, 5.74) is 13.5.